The third kappa shape index (κ3) is 4.62. The molecule has 0 aliphatic rings. The summed E-state index contributed by atoms with van der Waals surface area (Å²) in [4.78, 5) is 11.8. The number of carbonyl (C=O) groups is 1. The Kier molecular flexibility index (Phi) is 5.14. The van der Waals surface area contributed by atoms with E-state index in [0.717, 1.165) is 0 Å². The maximum atomic E-state index is 12.2. The van der Waals surface area contributed by atoms with Gasteiger partial charge in [-0.25, -0.2) is 12.6 Å². The van der Waals surface area contributed by atoms with Crippen LogP contribution in [0.1, 0.15) is 10.4 Å². The predicted octanol–water partition coefficient (Wildman–Crippen LogP) is 1.47. The number of carbonyl (C=O) groups excluding carboxylic acids is 1. The fourth-order valence-corrected chi connectivity index (χ4v) is 3.25. The van der Waals surface area contributed by atoms with E-state index in [4.69, 9.17) is 10.3 Å². The Balaban J connectivity index is 2.24. The molecule has 0 spiro atoms. The minimum atomic E-state index is -3.82. The van der Waals surface area contributed by atoms with Crippen molar-refractivity contribution in [2.75, 3.05) is 16.2 Å². The van der Waals surface area contributed by atoms with Gasteiger partial charge in [-0.2, -0.15) is 0 Å². The van der Waals surface area contributed by atoms with Crippen molar-refractivity contribution in [3.63, 3.8) is 0 Å². The first-order valence-electron chi connectivity index (χ1n) is 6.37. The molecule has 0 fully saturated rings. The molecular weight excluding hydrogens is 340 g/mol. The van der Waals surface area contributed by atoms with E-state index < -0.39 is 32.6 Å². The van der Waals surface area contributed by atoms with E-state index in [0.29, 0.717) is 5.69 Å². The zero-order valence-electron chi connectivity index (χ0n) is 11.8. The van der Waals surface area contributed by atoms with Gasteiger partial charge in [0.15, 0.2) is 16.9 Å². The predicted molar refractivity (Wildman–Crippen MR) is 88.1 cm³/mol. The molecule has 7 nitrogen and oxygen atoms in total. The van der Waals surface area contributed by atoms with Crippen LogP contribution in [0.4, 0.5) is 11.4 Å². The molecule has 2 aromatic carbocycles. The van der Waals surface area contributed by atoms with Crippen molar-refractivity contribution in [1.29, 1.82) is 0 Å². The summed E-state index contributed by atoms with van der Waals surface area (Å²) in [6, 6.07) is 11.4. The van der Waals surface area contributed by atoms with Gasteiger partial charge >= 0.3 is 0 Å². The van der Waals surface area contributed by atoms with Crippen LogP contribution in [0.25, 0.3) is 0 Å². The van der Waals surface area contributed by atoms with E-state index in [1.807, 2.05) is 0 Å². The second kappa shape index (κ2) is 6.90. The highest BCUT2D eigenvalue weighted by Gasteiger charge is 2.15. The summed E-state index contributed by atoms with van der Waals surface area (Å²) in [5.41, 5.74) is 6.28. The van der Waals surface area contributed by atoms with Crippen molar-refractivity contribution < 1.29 is 22.0 Å². The van der Waals surface area contributed by atoms with Crippen molar-refractivity contribution in [3.8, 4) is 0 Å². The van der Waals surface area contributed by atoms with Crippen molar-refractivity contribution >= 4 is 38.3 Å². The zero-order valence-corrected chi connectivity index (χ0v) is 13.4. The van der Waals surface area contributed by atoms with Crippen LogP contribution < -0.4 is 10.5 Å². The molecule has 0 aliphatic carbocycles. The summed E-state index contributed by atoms with van der Waals surface area (Å²) in [7, 11) is -3.82. The molecule has 122 valence electrons. The fourth-order valence-electron chi connectivity index (χ4n) is 1.81. The highest BCUT2D eigenvalue weighted by molar-refractivity contribution is 7.92. The molecule has 4 N–H and O–H groups in total. The van der Waals surface area contributed by atoms with E-state index in [2.05, 4.69) is 4.72 Å². The Bertz CT molecular complexity index is 848. The van der Waals surface area contributed by atoms with Gasteiger partial charge in [0.1, 0.15) is 5.75 Å². The Morgan fingerprint density at radius 3 is 2.43 bits per heavy atom. The molecule has 1 atom stereocenters. The molecule has 0 heterocycles. The topological polar surface area (TPSA) is 127 Å². The Labute approximate surface area is 135 Å². The Hall–Kier alpha value is -2.23. The summed E-state index contributed by atoms with van der Waals surface area (Å²) in [5, 5.41) is 0. The third-order valence-electron chi connectivity index (χ3n) is 2.88. The minimum Gasteiger partial charge on any atom is -0.399 e. The average Bonchev–Trinajstić information content (AvgIpc) is 2.46. The lowest BCUT2D eigenvalue weighted by Gasteiger charge is -2.09. The maximum Gasteiger partial charge on any atom is 0.261 e. The SMILES string of the molecule is Nc1ccc(S(=O)(=O)Nc2cccc(C(=O)CS(=O)O)c2)cc1. The number of rotatable bonds is 6. The molecule has 23 heavy (non-hydrogen) atoms. The van der Waals surface area contributed by atoms with Gasteiger partial charge in [0.2, 0.25) is 0 Å². The smallest absolute Gasteiger partial charge is 0.261 e. The number of hydrogen-bond acceptors (Lipinski definition) is 5. The van der Waals surface area contributed by atoms with Gasteiger partial charge in [0.25, 0.3) is 10.0 Å². The number of sulfonamides is 1. The minimum absolute atomic E-state index is 0.0277. The third-order valence-corrected chi connectivity index (χ3v) is 4.79. The lowest BCUT2D eigenvalue weighted by atomic mass is 10.1. The van der Waals surface area contributed by atoms with E-state index in [1.54, 1.807) is 0 Å². The lowest BCUT2D eigenvalue weighted by Crippen LogP contribution is -2.14. The first kappa shape index (κ1) is 17.1. The highest BCUT2D eigenvalue weighted by Crippen LogP contribution is 2.18. The van der Waals surface area contributed by atoms with Gasteiger partial charge in [-0.3, -0.25) is 9.52 Å². The van der Waals surface area contributed by atoms with Gasteiger partial charge in [-0.05, 0) is 36.4 Å². The van der Waals surface area contributed by atoms with Crippen molar-refractivity contribution in [1.82, 2.24) is 0 Å². The monoisotopic (exact) mass is 354 g/mol. The average molecular weight is 354 g/mol. The summed E-state index contributed by atoms with van der Waals surface area (Å²) < 4.78 is 46.3. The van der Waals surface area contributed by atoms with Crippen LogP contribution in [0.2, 0.25) is 0 Å². The van der Waals surface area contributed by atoms with Crippen LogP contribution in [-0.4, -0.2) is 28.7 Å². The van der Waals surface area contributed by atoms with Gasteiger partial charge in [0, 0.05) is 16.9 Å². The van der Waals surface area contributed by atoms with Crippen molar-refractivity contribution in [3.05, 3.63) is 54.1 Å². The van der Waals surface area contributed by atoms with Gasteiger partial charge in [-0.15, -0.1) is 0 Å². The molecule has 9 heteroatoms. The van der Waals surface area contributed by atoms with Crippen LogP contribution in [0, 0.1) is 0 Å². The number of anilines is 2. The number of ketones is 1. The molecule has 0 aliphatic heterocycles. The first-order chi connectivity index (χ1) is 10.8. The van der Waals surface area contributed by atoms with E-state index in [-0.39, 0.29) is 16.1 Å². The molecule has 0 saturated heterocycles. The van der Waals surface area contributed by atoms with Gasteiger partial charge < -0.3 is 10.3 Å². The molecule has 0 radical (unpaired) electrons. The largest absolute Gasteiger partial charge is 0.399 e. The van der Waals surface area contributed by atoms with Crippen LogP contribution >= 0.6 is 0 Å². The van der Waals surface area contributed by atoms with E-state index in [9.17, 15) is 17.4 Å². The normalized spacial score (nSPS) is 12.6. The van der Waals surface area contributed by atoms with Crippen LogP contribution in [0.15, 0.2) is 53.4 Å². The number of benzene rings is 2. The quantitative estimate of drug-likeness (QED) is 0.410. The summed E-state index contributed by atoms with van der Waals surface area (Å²) in [6.45, 7) is 0. The van der Waals surface area contributed by atoms with Crippen LogP contribution in [-0.2, 0) is 21.1 Å². The lowest BCUT2D eigenvalue weighted by molar-refractivity contribution is 0.102. The number of nitrogens with one attached hydrogen (secondary N) is 1. The summed E-state index contributed by atoms with van der Waals surface area (Å²) in [6.07, 6.45) is 0. The summed E-state index contributed by atoms with van der Waals surface area (Å²) >= 11 is -2.25. The Morgan fingerprint density at radius 1 is 1.17 bits per heavy atom. The van der Waals surface area contributed by atoms with Crippen LogP contribution in [0.5, 0.6) is 0 Å². The molecule has 2 aromatic rings. The summed E-state index contributed by atoms with van der Waals surface area (Å²) in [5.74, 6) is -1.10. The number of Topliss-reactive ketones (excluding diaryl/α,β-unsaturated/α-hetero) is 1. The number of nitrogen functional groups attached to an aromatic ring is 1. The molecule has 0 aromatic heterocycles. The van der Waals surface area contributed by atoms with E-state index >= 15 is 0 Å². The second-order valence-electron chi connectivity index (χ2n) is 4.64. The van der Waals surface area contributed by atoms with Gasteiger partial charge in [0.05, 0.1) is 4.90 Å². The van der Waals surface area contributed by atoms with Crippen molar-refractivity contribution in [2.24, 2.45) is 0 Å². The van der Waals surface area contributed by atoms with E-state index in [1.165, 1.54) is 48.5 Å². The molecule has 0 saturated carbocycles. The van der Waals surface area contributed by atoms with Gasteiger partial charge in [-0.1, -0.05) is 12.1 Å². The highest BCUT2D eigenvalue weighted by atomic mass is 32.2. The molecule has 0 bridgehead atoms. The molecular formula is C14H14N2O5S2. The Morgan fingerprint density at radius 2 is 1.83 bits per heavy atom. The maximum absolute atomic E-state index is 12.2. The van der Waals surface area contributed by atoms with Crippen molar-refractivity contribution in [2.45, 2.75) is 4.90 Å². The molecule has 1 unspecified atom stereocenters. The molecule has 0 amide bonds. The number of hydrogen-bond donors (Lipinski definition) is 3. The number of nitrogens with two attached hydrogens (primary N) is 1. The first-order valence-corrected chi connectivity index (χ1v) is 9.13. The zero-order chi connectivity index (χ0) is 17.0. The standard InChI is InChI=1S/C14H14N2O5S2/c15-11-4-6-13(7-5-11)23(20,21)16-12-3-1-2-10(8-12)14(17)9-22(18)19/h1-8,16H,9,15H2,(H,18,19). The van der Waals surface area contributed by atoms with Crippen LogP contribution in [0.3, 0.4) is 0 Å². The second-order valence-corrected chi connectivity index (χ2v) is 7.26. The molecule has 2 rings (SSSR count). The fraction of sp³-hybridized carbons (Fsp3) is 0.0714.